The minimum atomic E-state index is -3.88. The molecule has 0 saturated heterocycles. The second-order valence-electron chi connectivity index (χ2n) is 5.81. The Kier molecular flexibility index (Phi) is 7.22. The Balaban J connectivity index is 2.38. The summed E-state index contributed by atoms with van der Waals surface area (Å²) in [6.07, 6.45) is 1.45. The van der Waals surface area contributed by atoms with E-state index in [0.29, 0.717) is 13.1 Å². The zero-order valence-corrected chi connectivity index (χ0v) is 17.6. The fourth-order valence-corrected chi connectivity index (χ4v) is 4.91. The average Bonchev–Trinajstić information content (AvgIpc) is 2.67. The first kappa shape index (κ1) is 21.9. The molecule has 2 rings (SSSR count). The molecule has 0 bridgehead atoms. The van der Waals surface area contributed by atoms with Crippen LogP contribution in [-0.4, -0.2) is 41.3 Å². The molecule has 0 saturated carbocycles. The predicted octanol–water partition coefficient (Wildman–Crippen LogP) is 3.14. The lowest BCUT2D eigenvalue weighted by atomic mass is 10.2. The molecule has 152 valence electrons. The topological polar surface area (TPSA) is 92.8 Å². The number of nitrogens with zero attached hydrogens (tertiary/aromatic N) is 1. The summed E-state index contributed by atoms with van der Waals surface area (Å²) >= 11 is 0. The van der Waals surface area contributed by atoms with Gasteiger partial charge in [0.1, 0.15) is 5.75 Å². The van der Waals surface area contributed by atoms with Crippen LogP contribution in [0, 0.1) is 0 Å². The van der Waals surface area contributed by atoms with E-state index in [1.165, 1.54) is 35.7 Å². The molecule has 7 nitrogen and oxygen atoms in total. The van der Waals surface area contributed by atoms with Gasteiger partial charge in [0.25, 0.3) is 10.0 Å². The molecule has 2 aromatic rings. The molecule has 0 fully saturated rings. The van der Waals surface area contributed by atoms with Crippen molar-refractivity contribution in [3.63, 3.8) is 0 Å². The standard InChI is InChI=1S/C19H24N2O5S2/c1-4-21(5-2)28(24,25)17-11-12-19(26-3)18(15-17)20-27(22,23)14-13-16-9-7-6-8-10-16/h6-15,20H,4-5H2,1-3H3/b14-13+. The van der Waals surface area contributed by atoms with Crippen LogP contribution in [0.2, 0.25) is 0 Å². The van der Waals surface area contributed by atoms with Crippen LogP contribution in [0.5, 0.6) is 5.75 Å². The van der Waals surface area contributed by atoms with Crippen LogP contribution in [0.4, 0.5) is 5.69 Å². The summed E-state index contributed by atoms with van der Waals surface area (Å²) in [7, 11) is -6.23. The van der Waals surface area contributed by atoms with Gasteiger partial charge in [-0.05, 0) is 29.8 Å². The number of anilines is 1. The van der Waals surface area contributed by atoms with Gasteiger partial charge in [-0.25, -0.2) is 16.8 Å². The molecule has 0 aliphatic heterocycles. The predicted molar refractivity (Wildman–Crippen MR) is 111 cm³/mol. The van der Waals surface area contributed by atoms with E-state index < -0.39 is 20.0 Å². The van der Waals surface area contributed by atoms with Crippen molar-refractivity contribution in [2.45, 2.75) is 18.7 Å². The SMILES string of the molecule is CCN(CC)S(=O)(=O)c1ccc(OC)c(NS(=O)(=O)/C=C/c2ccccc2)c1. The van der Waals surface area contributed by atoms with E-state index in [0.717, 1.165) is 11.0 Å². The molecule has 0 amide bonds. The minimum Gasteiger partial charge on any atom is -0.495 e. The number of methoxy groups -OCH3 is 1. The molecular formula is C19H24N2O5S2. The van der Waals surface area contributed by atoms with E-state index in [9.17, 15) is 16.8 Å². The van der Waals surface area contributed by atoms with Crippen molar-refractivity contribution < 1.29 is 21.6 Å². The highest BCUT2D eigenvalue weighted by molar-refractivity contribution is 7.95. The second kappa shape index (κ2) is 9.22. The number of benzene rings is 2. The Labute approximate surface area is 166 Å². The third kappa shape index (κ3) is 5.34. The number of sulfonamides is 2. The van der Waals surface area contributed by atoms with E-state index in [1.807, 2.05) is 6.07 Å². The average molecular weight is 425 g/mol. The van der Waals surface area contributed by atoms with Crippen LogP contribution >= 0.6 is 0 Å². The maximum Gasteiger partial charge on any atom is 0.255 e. The Morgan fingerprint density at radius 3 is 2.21 bits per heavy atom. The molecule has 9 heteroatoms. The Morgan fingerprint density at radius 2 is 1.64 bits per heavy atom. The van der Waals surface area contributed by atoms with Gasteiger partial charge in [0, 0.05) is 13.1 Å². The highest BCUT2D eigenvalue weighted by atomic mass is 32.2. The lowest BCUT2D eigenvalue weighted by Gasteiger charge is -2.19. The lowest BCUT2D eigenvalue weighted by molar-refractivity contribution is 0.416. The lowest BCUT2D eigenvalue weighted by Crippen LogP contribution is -2.30. The fraction of sp³-hybridized carbons (Fsp3) is 0.263. The van der Waals surface area contributed by atoms with Gasteiger partial charge in [-0.15, -0.1) is 0 Å². The van der Waals surface area contributed by atoms with Crippen LogP contribution < -0.4 is 9.46 Å². The number of nitrogens with one attached hydrogen (secondary N) is 1. The van der Waals surface area contributed by atoms with Gasteiger partial charge in [0.15, 0.2) is 0 Å². The highest BCUT2D eigenvalue weighted by Gasteiger charge is 2.23. The van der Waals surface area contributed by atoms with Gasteiger partial charge in [-0.2, -0.15) is 4.31 Å². The third-order valence-electron chi connectivity index (χ3n) is 4.01. The van der Waals surface area contributed by atoms with Crippen LogP contribution in [-0.2, 0) is 20.0 Å². The molecule has 1 N–H and O–H groups in total. The first-order valence-corrected chi connectivity index (χ1v) is 11.7. The van der Waals surface area contributed by atoms with Crippen molar-refractivity contribution in [3.8, 4) is 5.75 Å². The van der Waals surface area contributed by atoms with Crippen molar-refractivity contribution in [2.24, 2.45) is 0 Å². The molecule has 0 atom stereocenters. The maximum atomic E-state index is 12.7. The van der Waals surface area contributed by atoms with Gasteiger partial charge in [-0.3, -0.25) is 4.72 Å². The zero-order valence-electron chi connectivity index (χ0n) is 16.0. The Bertz CT molecular complexity index is 1030. The van der Waals surface area contributed by atoms with E-state index in [1.54, 1.807) is 38.1 Å². The summed E-state index contributed by atoms with van der Waals surface area (Å²) in [6.45, 7) is 4.10. The smallest absolute Gasteiger partial charge is 0.255 e. The molecule has 0 radical (unpaired) electrons. The highest BCUT2D eigenvalue weighted by Crippen LogP contribution is 2.30. The van der Waals surface area contributed by atoms with Gasteiger partial charge in [0.05, 0.1) is 23.1 Å². The largest absolute Gasteiger partial charge is 0.495 e. The summed E-state index contributed by atoms with van der Waals surface area (Å²) in [4.78, 5) is -0.0123. The molecule has 0 aliphatic rings. The summed E-state index contributed by atoms with van der Waals surface area (Å²) in [5.74, 6) is 0.218. The first-order valence-electron chi connectivity index (χ1n) is 8.67. The van der Waals surface area contributed by atoms with Crippen molar-refractivity contribution in [1.82, 2.24) is 4.31 Å². The van der Waals surface area contributed by atoms with Crippen molar-refractivity contribution in [2.75, 3.05) is 24.9 Å². The van der Waals surface area contributed by atoms with Crippen LogP contribution in [0.3, 0.4) is 0 Å². The number of rotatable bonds is 9. The van der Waals surface area contributed by atoms with Crippen LogP contribution in [0.1, 0.15) is 19.4 Å². The molecule has 0 unspecified atom stereocenters. The van der Waals surface area contributed by atoms with Crippen molar-refractivity contribution >= 4 is 31.8 Å². The van der Waals surface area contributed by atoms with Crippen molar-refractivity contribution in [1.29, 1.82) is 0 Å². The second-order valence-corrected chi connectivity index (χ2v) is 9.32. The van der Waals surface area contributed by atoms with E-state index in [-0.39, 0.29) is 16.3 Å². The van der Waals surface area contributed by atoms with Gasteiger partial charge >= 0.3 is 0 Å². The van der Waals surface area contributed by atoms with E-state index >= 15 is 0 Å². The molecule has 0 aliphatic carbocycles. The summed E-state index contributed by atoms with van der Waals surface area (Å²) < 4.78 is 59.1. The molecule has 2 aromatic carbocycles. The minimum absolute atomic E-state index is 0.0123. The number of ether oxygens (including phenoxy) is 1. The van der Waals surface area contributed by atoms with Gasteiger partial charge in [-0.1, -0.05) is 44.2 Å². The van der Waals surface area contributed by atoms with Gasteiger partial charge < -0.3 is 4.74 Å². The first-order chi connectivity index (χ1) is 13.2. The Hall–Kier alpha value is -2.36. The molecular weight excluding hydrogens is 400 g/mol. The van der Waals surface area contributed by atoms with Crippen LogP contribution in [0.25, 0.3) is 6.08 Å². The summed E-state index contributed by atoms with van der Waals surface area (Å²) in [5.41, 5.74) is 0.770. The molecule has 28 heavy (non-hydrogen) atoms. The third-order valence-corrected chi connectivity index (χ3v) is 7.05. The van der Waals surface area contributed by atoms with Crippen molar-refractivity contribution in [3.05, 3.63) is 59.5 Å². The Morgan fingerprint density at radius 1 is 1.00 bits per heavy atom. The number of hydrogen-bond donors (Lipinski definition) is 1. The van der Waals surface area contributed by atoms with E-state index in [4.69, 9.17) is 4.74 Å². The van der Waals surface area contributed by atoms with E-state index in [2.05, 4.69) is 4.72 Å². The quantitative estimate of drug-likeness (QED) is 0.668. The molecule has 0 spiro atoms. The molecule has 0 heterocycles. The van der Waals surface area contributed by atoms with Crippen LogP contribution in [0.15, 0.2) is 58.8 Å². The summed E-state index contributed by atoms with van der Waals surface area (Å²) in [6, 6.07) is 13.0. The maximum absolute atomic E-state index is 12.7. The van der Waals surface area contributed by atoms with Gasteiger partial charge in [0.2, 0.25) is 10.0 Å². The number of hydrogen-bond acceptors (Lipinski definition) is 5. The normalized spacial score (nSPS) is 12.4. The zero-order chi connectivity index (χ0) is 20.8. The summed E-state index contributed by atoms with van der Waals surface area (Å²) in [5, 5.41) is 1.02. The fourth-order valence-electron chi connectivity index (χ4n) is 2.56. The monoisotopic (exact) mass is 424 g/mol. The molecule has 0 aromatic heterocycles.